The van der Waals surface area contributed by atoms with Crippen LogP contribution < -0.4 is 0 Å². The summed E-state index contributed by atoms with van der Waals surface area (Å²) in [4.78, 5) is 0. The van der Waals surface area contributed by atoms with Crippen LogP contribution in [0.5, 0.6) is 0 Å². The number of hydrogen-bond donors (Lipinski definition) is 2. The van der Waals surface area contributed by atoms with Crippen molar-refractivity contribution in [3.8, 4) is 0 Å². The van der Waals surface area contributed by atoms with Crippen LogP contribution in [0.25, 0.3) is 0 Å². The summed E-state index contributed by atoms with van der Waals surface area (Å²) >= 11 is 0. The van der Waals surface area contributed by atoms with Gasteiger partial charge in [0.15, 0.2) is 0 Å². The van der Waals surface area contributed by atoms with E-state index in [1.54, 1.807) is 0 Å². The Morgan fingerprint density at radius 1 is 0.750 bits per heavy atom. The van der Waals surface area contributed by atoms with Crippen molar-refractivity contribution in [3.63, 3.8) is 0 Å². The maximum Gasteiger partial charge on any atom is 0.118 e. The molecule has 3 aliphatic rings. The number of aliphatic hydroxyl groups is 2. The summed E-state index contributed by atoms with van der Waals surface area (Å²) in [5.41, 5.74) is 0.900. The van der Waals surface area contributed by atoms with Gasteiger partial charge in [-0.1, -0.05) is 60.7 Å². The molecule has 2 N–H and O–H groups in total. The molecular weight excluding hydrogens is 296 g/mol. The first-order valence-corrected chi connectivity index (χ1v) is 9.22. The van der Waals surface area contributed by atoms with Gasteiger partial charge in [0.1, 0.15) is 5.60 Å². The third kappa shape index (κ3) is 1.79. The van der Waals surface area contributed by atoms with Crippen molar-refractivity contribution in [2.75, 3.05) is 0 Å². The van der Waals surface area contributed by atoms with E-state index in [1.807, 2.05) is 60.7 Å². The van der Waals surface area contributed by atoms with Crippen LogP contribution in [0.1, 0.15) is 30.4 Å². The summed E-state index contributed by atoms with van der Waals surface area (Å²) in [5, 5.41) is 22.8. The van der Waals surface area contributed by atoms with Crippen molar-refractivity contribution in [3.05, 3.63) is 71.8 Å². The van der Waals surface area contributed by atoms with Crippen LogP contribution in [0.15, 0.2) is 60.7 Å². The molecule has 2 aromatic rings. The number of aliphatic hydroxyl groups excluding tert-OH is 1. The van der Waals surface area contributed by atoms with Crippen LogP contribution >= 0.6 is 0 Å². The van der Waals surface area contributed by atoms with E-state index in [4.69, 9.17) is 0 Å². The molecule has 6 atom stereocenters. The fourth-order valence-corrected chi connectivity index (χ4v) is 6.34. The quantitative estimate of drug-likeness (QED) is 0.907. The average molecular weight is 320 g/mol. The Kier molecular flexibility index (Phi) is 3.17. The molecule has 124 valence electrons. The molecule has 3 fully saturated rings. The van der Waals surface area contributed by atoms with Gasteiger partial charge in [0, 0.05) is 5.92 Å². The van der Waals surface area contributed by atoms with Crippen molar-refractivity contribution in [2.45, 2.75) is 31.0 Å². The molecule has 0 heterocycles. The lowest BCUT2D eigenvalue weighted by molar-refractivity contribution is -0.0722. The van der Waals surface area contributed by atoms with Crippen LogP contribution in [0, 0.1) is 29.6 Å². The number of hydrogen-bond acceptors (Lipinski definition) is 2. The van der Waals surface area contributed by atoms with Gasteiger partial charge in [-0.3, -0.25) is 0 Å². The molecule has 2 heteroatoms. The highest BCUT2D eigenvalue weighted by molar-refractivity contribution is 5.38. The molecule has 0 unspecified atom stereocenters. The average Bonchev–Trinajstić information content (AvgIpc) is 3.28. The van der Waals surface area contributed by atoms with E-state index in [1.165, 1.54) is 12.8 Å². The van der Waals surface area contributed by atoms with Gasteiger partial charge in [-0.15, -0.1) is 0 Å². The Balaban J connectivity index is 1.64. The van der Waals surface area contributed by atoms with Gasteiger partial charge in [-0.25, -0.2) is 0 Å². The highest BCUT2D eigenvalue weighted by Crippen LogP contribution is 2.67. The fourth-order valence-electron chi connectivity index (χ4n) is 6.34. The normalized spacial score (nSPS) is 37.1. The standard InChI is InChI=1S/C22H24O2/c23-21-17-12-11-16-18(17)13-19(20(16)21)22(24,14-7-3-1-4-8-14)15-9-5-2-6-10-15/h1-10,16-21,23-24H,11-13H2/t16-,17-,18-,19+,20+,21-/m1/s1. The van der Waals surface area contributed by atoms with Gasteiger partial charge in [0.25, 0.3) is 0 Å². The third-order valence-electron chi connectivity index (χ3n) is 7.22. The molecule has 0 amide bonds. The first kappa shape index (κ1) is 14.7. The van der Waals surface area contributed by atoms with Crippen LogP contribution in [0.4, 0.5) is 0 Å². The zero-order chi connectivity index (χ0) is 16.3. The Hall–Kier alpha value is -1.64. The highest BCUT2D eigenvalue weighted by Gasteiger charge is 2.65. The summed E-state index contributed by atoms with van der Waals surface area (Å²) < 4.78 is 0. The Morgan fingerprint density at radius 3 is 1.79 bits per heavy atom. The van der Waals surface area contributed by atoms with Crippen LogP contribution in [-0.4, -0.2) is 16.3 Å². The monoisotopic (exact) mass is 320 g/mol. The van der Waals surface area contributed by atoms with Gasteiger partial charge in [0.05, 0.1) is 6.10 Å². The van der Waals surface area contributed by atoms with Gasteiger partial charge in [0.2, 0.25) is 0 Å². The molecule has 0 aliphatic heterocycles. The molecular formula is C22H24O2. The molecule has 5 rings (SSSR count). The molecule has 3 saturated carbocycles. The van der Waals surface area contributed by atoms with Gasteiger partial charge < -0.3 is 10.2 Å². The lowest BCUT2D eigenvalue weighted by Gasteiger charge is -2.44. The Labute approximate surface area is 143 Å². The molecule has 0 spiro atoms. The molecule has 4 bridgehead atoms. The number of rotatable bonds is 3. The minimum Gasteiger partial charge on any atom is -0.393 e. The summed E-state index contributed by atoms with van der Waals surface area (Å²) in [6, 6.07) is 20.1. The van der Waals surface area contributed by atoms with Crippen LogP contribution in [0.2, 0.25) is 0 Å². The minimum atomic E-state index is -1.01. The van der Waals surface area contributed by atoms with E-state index < -0.39 is 5.60 Å². The lowest BCUT2D eigenvalue weighted by Crippen LogP contribution is -2.46. The first-order valence-electron chi connectivity index (χ1n) is 9.22. The van der Waals surface area contributed by atoms with Crippen LogP contribution in [0.3, 0.4) is 0 Å². The van der Waals surface area contributed by atoms with Crippen molar-refractivity contribution in [1.82, 2.24) is 0 Å². The molecule has 0 saturated heterocycles. The molecule has 0 aromatic heterocycles. The SMILES string of the molecule is O[C@@H]1[C@@H]2CC[C@@H]3[C@H]2C[C@H](C(O)(c2ccccc2)c2ccccc2)[C@@H]13. The second kappa shape index (κ2) is 5.18. The van der Waals surface area contributed by atoms with Gasteiger partial charge in [-0.05, 0) is 54.1 Å². The maximum atomic E-state index is 12.0. The zero-order valence-corrected chi connectivity index (χ0v) is 13.8. The second-order valence-electron chi connectivity index (χ2n) is 7.98. The molecule has 3 aliphatic carbocycles. The van der Waals surface area contributed by atoms with Crippen molar-refractivity contribution < 1.29 is 10.2 Å². The largest absolute Gasteiger partial charge is 0.393 e. The lowest BCUT2D eigenvalue weighted by atomic mass is 9.65. The van der Waals surface area contributed by atoms with Gasteiger partial charge >= 0.3 is 0 Å². The van der Waals surface area contributed by atoms with Crippen molar-refractivity contribution in [1.29, 1.82) is 0 Å². The van der Waals surface area contributed by atoms with Crippen molar-refractivity contribution in [2.24, 2.45) is 29.6 Å². The second-order valence-corrected chi connectivity index (χ2v) is 7.98. The van der Waals surface area contributed by atoms with Crippen LogP contribution in [-0.2, 0) is 5.60 Å². The summed E-state index contributed by atoms with van der Waals surface area (Å²) in [6.07, 6.45) is 3.21. The Morgan fingerprint density at radius 2 is 1.29 bits per heavy atom. The number of benzene rings is 2. The maximum absolute atomic E-state index is 12.0. The first-order chi connectivity index (χ1) is 11.7. The highest BCUT2D eigenvalue weighted by atomic mass is 16.3. The van der Waals surface area contributed by atoms with Gasteiger partial charge in [-0.2, -0.15) is 0 Å². The summed E-state index contributed by atoms with van der Waals surface area (Å²) in [6.45, 7) is 0. The molecule has 0 radical (unpaired) electrons. The summed E-state index contributed by atoms with van der Waals surface area (Å²) in [5.74, 6) is 2.03. The Bertz CT molecular complexity index is 687. The zero-order valence-electron chi connectivity index (χ0n) is 13.8. The van der Waals surface area contributed by atoms with E-state index in [2.05, 4.69) is 0 Å². The topological polar surface area (TPSA) is 40.5 Å². The molecule has 2 aromatic carbocycles. The summed E-state index contributed by atoms with van der Waals surface area (Å²) in [7, 11) is 0. The fraction of sp³-hybridized carbons (Fsp3) is 0.455. The molecule has 24 heavy (non-hydrogen) atoms. The van der Waals surface area contributed by atoms with Crippen molar-refractivity contribution >= 4 is 0 Å². The van der Waals surface area contributed by atoms with E-state index in [9.17, 15) is 10.2 Å². The van der Waals surface area contributed by atoms with E-state index in [0.717, 1.165) is 17.5 Å². The van der Waals surface area contributed by atoms with E-state index in [0.29, 0.717) is 17.8 Å². The van der Waals surface area contributed by atoms with E-state index in [-0.39, 0.29) is 17.9 Å². The predicted octanol–water partition coefficient (Wildman–Crippen LogP) is 3.58. The minimum absolute atomic E-state index is 0.101. The smallest absolute Gasteiger partial charge is 0.118 e. The predicted molar refractivity (Wildman–Crippen MR) is 93.2 cm³/mol. The molecule has 2 nitrogen and oxygen atoms in total. The third-order valence-corrected chi connectivity index (χ3v) is 7.22. The van der Waals surface area contributed by atoms with E-state index >= 15 is 0 Å².